The maximum absolute atomic E-state index is 11.8. The molecule has 0 aliphatic carbocycles. The number of hydrogen-bond donors (Lipinski definition) is 2. The number of carbonyl (C=O) groups excluding carboxylic acids is 1. The summed E-state index contributed by atoms with van der Waals surface area (Å²) in [4.78, 5) is 22.1. The summed E-state index contributed by atoms with van der Waals surface area (Å²) in [5, 5.41) is 16.3. The van der Waals surface area contributed by atoms with Gasteiger partial charge in [0.1, 0.15) is 11.8 Å². The van der Waals surface area contributed by atoms with E-state index in [2.05, 4.69) is 10.6 Å². The molecule has 1 unspecified atom stereocenters. The lowest BCUT2D eigenvalue weighted by molar-refractivity contribution is -0.383. The minimum absolute atomic E-state index is 0.130. The van der Waals surface area contributed by atoms with Gasteiger partial charge in [-0.1, -0.05) is 12.1 Å². The van der Waals surface area contributed by atoms with E-state index < -0.39 is 11.0 Å². The van der Waals surface area contributed by atoms with Gasteiger partial charge in [0.05, 0.1) is 11.5 Å². The highest BCUT2D eigenvalue weighted by Crippen LogP contribution is 2.23. The van der Waals surface area contributed by atoms with Crippen molar-refractivity contribution in [1.82, 2.24) is 5.32 Å². The van der Waals surface area contributed by atoms with Crippen molar-refractivity contribution < 1.29 is 14.5 Å². The number of nitrogens with zero attached hydrogens (tertiary/aromatic N) is 1. The van der Waals surface area contributed by atoms with Crippen molar-refractivity contribution in [2.75, 3.05) is 25.0 Å². The number of nitro benzene ring substituents is 1. The molecule has 96 valence electrons. The summed E-state index contributed by atoms with van der Waals surface area (Å²) in [5.41, 5.74) is 0.0521. The molecule has 2 N–H and O–H groups in total. The Bertz CT molecular complexity index is 457. The minimum atomic E-state index is -0.612. The Morgan fingerprint density at radius 2 is 2.28 bits per heavy atom. The molecule has 1 aliphatic rings. The van der Waals surface area contributed by atoms with Gasteiger partial charge in [-0.25, -0.2) is 0 Å². The number of amides is 1. The molecular formula is C11H13N3O4. The molecule has 0 saturated carbocycles. The van der Waals surface area contributed by atoms with Crippen molar-refractivity contribution in [3.8, 4) is 0 Å². The molecule has 2 rings (SSSR count). The number of carbonyl (C=O) groups is 1. The van der Waals surface area contributed by atoms with E-state index in [0.717, 1.165) is 0 Å². The molecule has 1 amide bonds. The van der Waals surface area contributed by atoms with Crippen LogP contribution in [0.5, 0.6) is 0 Å². The predicted molar refractivity (Wildman–Crippen MR) is 64.3 cm³/mol. The van der Waals surface area contributed by atoms with E-state index in [4.69, 9.17) is 4.74 Å². The number of nitrogens with one attached hydrogen (secondary N) is 2. The molecular weight excluding hydrogens is 238 g/mol. The number of anilines is 1. The van der Waals surface area contributed by atoms with Crippen molar-refractivity contribution in [2.24, 2.45) is 0 Å². The molecule has 0 aromatic heterocycles. The van der Waals surface area contributed by atoms with E-state index in [-0.39, 0.29) is 17.3 Å². The molecule has 1 aromatic rings. The number of hydrogen-bond acceptors (Lipinski definition) is 5. The third-order valence-corrected chi connectivity index (χ3v) is 2.58. The first-order valence-electron chi connectivity index (χ1n) is 5.55. The summed E-state index contributed by atoms with van der Waals surface area (Å²) in [6, 6.07) is 6.01. The zero-order valence-corrected chi connectivity index (χ0v) is 9.59. The first-order valence-corrected chi connectivity index (χ1v) is 5.55. The lowest BCUT2D eigenvalue weighted by atomic mass is 10.2. The number of nitro groups is 1. The van der Waals surface area contributed by atoms with Gasteiger partial charge in [0.15, 0.2) is 0 Å². The van der Waals surface area contributed by atoms with Crippen molar-refractivity contribution in [1.29, 1.82) is 0 Å². The SMILES string of the molecule is O=C(Nc1ccccc1[N+](=O)[O-])C1CNCCO1. The first kappa shape index (κ1) is 12.5. The second-order valence-electron chi connectivity index (χ2n) is 3.83. The number of ether oxygens (including phenoxy) is 1. The molecule has 1 saturated heterocycles. The smallest absolute Gasteiger partial charge is 0.292 e. The van der Waals surface area contributed by atoms with E-state index in [0.29, 0.717) is 19.7 Å². The molecule has 1 atom stereocenters. The lowest BCUT2D eigenvalue weighted by Crippen LogP contribution is -2.45. The monoisotopic (exact) mass is 251 g/mol. The second kappa shape index (κ2) is 5.56. The van der Waals surface area contributed by atoms with E-state index in [1.165, 1.54) is 12.1 Å². The number of morpholine rings is 1. The van der Waals surface area contributed by atoms with Gasteiger partial charge in [0, 0.05) is 19.2 Å². The van der Waals surface area contributed by atoms with Gasteiger partial charge in [0.2, 0.25) is 0 Å². The third-order valence-electron chi connectivity index (χ3n) is 2.58. The largest absolute Gasteiger partial charge is 0.366 e. The van der Waals surface area contributed by atoms with Crippen LogP contribution in [0.2, 0.25) is 0 Å². The first-order chi connectivity index (χ1) is 8.68. The molecule has 7 heteroatoms. The summed E-state index contributed by atoms with van der Waals surface area (Å²) < 4.78 is 5.27. The van der Waals surface area contributed by atoms with Gasteiger partial charge < -0.3 is 15.4 Å². The van der Waals surface area contributed by atoms with Gasteiger partial charge in [-0.05, 0) is 6.07 Å². The topological polar surface area (TPSA) is 93.5 Å². The standard InChI is InChI=1S/C11H13N3O4/c15-11(10-7-12-5-6-18-10)13-8-3-1-2-4-9(8)14(16)17/h1-4,10,12H,5-7H2,(H,13,15). The zero-order chi connectivity index (χ0) is 13.0. The van der Waals surface area contributed by atoms with Crippen LogP contribution in [0, 0.1) is 10.1 Å². The molecule has 1 fully saturated rings. The molecule has 0 bridgehead atoms. The van der Waals surface area contributed by atoms with E-state index in [1.54, 1.807) is 12.1 Å². The highest BCUT2D eigenvalue weighted by molar-refractivity contribution is 5.96. The minimum Gasteiger partial charge on any atom is -0.366 e. The summed E-state index contributed by atoms with van der Waals surface area (Å²) in [6.45, 7) is 1.57. The molecule has 1 aromatic carbocycles. The Hall–Kier alpha value is -1.99. The van der Waals surface area contributed by atoms with Gasteiger partial charge >= 0.3 is 0 Å². The van der Waals surface area contributed by atoms with Crippen LogP contribution in [-0.2, 0) is 9.53 Å². The van der Waals surface area contributed by atoms with E-state index in [9.17, 15) is 14.9 Å². The second-order valence-corrected chi connectivity index (χ2v) is 3.83. The molecule has 0 radical (unpaired) electrons. The molecule has 1 aliphatic heterocycles. The Morgan fingerprint density at radius 3 is 2.94 bits per heavy atom. The fourth-order valence-electron chi connectivity index (χ4n) is 1.69. The Kier molecular flexibility index (Phi) is 3.85. The van der Waals surface area contributed by atoms with Crippen LogP contribution in [0.3, 0.4) is 0 Å². The van der Waals surface area contributed by atoms with Crippen molar-refractivity contribution >= 4 is 17.3 Å². The van der Waals surface area contributed by atoms with Crippen LogP contribution in [0.1, 0.15) is 0 Å². The third kappa shape index (κ3) is 2.82. The van der Waals surface area contributed by atoms with Crippen LogP contribution in [0.15, 0.2) is 24.3 Å². The quantitative estimate of drug-likeness (QED) is 0.603. The van der Waals surface area contributed by atoms with Crippen LogP contribution in [0.4, 0.5) is 11.4 Å². The predicted octanol–water partition coefficient (Wildman–Crippen LogP) is 0.522. The fraction of sp³-hybridized carbons (Fsp3) is 0.364. The summed E-state index contributed by atoms with van der Waals surface area (Å²) >= 11 is 0. The zero-order valence-electron chi connectivity index (χ0n) is 9.59. The van der Waals surface area contributed by atoms with E-state index >= 15 is 0 Å². The highest BCUT2D eigenvalue weighted by atomic mass is 16.6. The highest BCUT2D eigenvalue weighted by Gasteiger charge is 2.24. The Balaban J connectivity index is 2.08. The number of para-hydroxylation sites is 2. The van der Waals surface area contributed by atoms with Crippen LogP contribution < -0.4 is 10.6 Å². The van der Waals surface area contributed by atoms with Crippen molar-refractivity contribution in [3.05, 3.63) is 34.4 Å². The average molecular weight is 251 g/mol. The maximum atomic E-state index is 11.8. The van der Waals surface area contributed by atoms with Gasteiger partial charge in [0.25, 0.3) is 11.6 Å². The molecule has 1 heterocycles. The van der Waals surface area contributed by atoms with Crippen LogP contribution in [0.25, 0.3) is 0 Å². The summed E-state index contributed by atoms with van der Waals surface area (Å²) in [5.74, 6) is -0.378. The van der Waals surface area contributed by atoms with Crippen LogP contribution in [-0.4, -0.2) is 36.6 Å². The number of benzene rings is 1. The van der Waals surface area contributed by atoms with Crippen molar-refractivity contribution in [2.45, 2.75) is 6.10 Å². The number of rotatable bonds is 3. The average Bonchev–Trinajstić information content (AvgIpc) is 2.40. The van der Waals surface area contributed by atoms with Gasteiger partial charge in [-0.3, -0.25) is 14.9 Å². The van der Waals surface area contributed by atoms with Gasteiger partial charge in [-0.2, -0.15) is 0 Å². The Morgan fingerprint density at radius 1 is 1.50 bits per heavy atom. The van der Waals surface area contributed by atoms with E-state index in [1.807, 2.05) is 0 Å². The summed E-state index contributed by atoms with van der Waals surface area (Å²) in [6.07, 6.45) is -0.612. The fourth-order valence-corrected chi connectivity index (χ4v) is 1.69. The summed E-state index contributed by atoms with van der Waals surface area (Å²) in [7, 11) is 0. The molecule has 18 heavy (non-hydrogen) atoms. The Labute approximate surface area is 103 Å². The normalized spacial score (nSPS) is 19.2. The lowest BCUT2D eigenvalue weighted by Gasteiger charge is -2.22. The van der Waals surface area contributed by atoms with Gasteiger partial charge in [-0.15, -0.1) is 0 Å². The van der Waals surface area contributed by atoms with Crippen LogP contribution >= 0.6 is 0 Å². The van der Waals surface area contributed by atoms with Crippen molar-refractivity contribution in [3.63, 3.8) is 0 Å². The molecule has 7 nitrogen and oxygen atoms in total. The molecule has 0 spiro atoms. The maximum Gasteiger partial charge on any atom is 0.292 e.